The second-order valence-corrected chi connectivity index (χ2v) is 4.65. The Balaban J connectivity index is 3.40. The first-order valence-electron chi connectivity index (χ1n) is 5.45. The van der Waals surface area contributed by atoms with Gasteiger partial charge in [0, 0.05) is 17.8 Å². The summed E-state index contributed by atoms with van der Waals surface area (Å²) < 4.78 is 0. The summed E-state index contributed by atoms with van der Waals surface area (Å²) in [5, 5.41) is 4.01. The van der Waals surface area contributed by atoms with Crippen molar-refractivity contribution < 1.29 is 4.79 Å². The van der Waals surface area contributed by atoms with Crippen molar-refractivity contribution in [3.05, 3.63) is 0 Å². The fourth-order valence-corrected chi connectivity index (χ4v) is 1.42. The van der Waals surface area contributed by atoms with Gasteiger partial charge in [-0.3, -0.25) is 4.79 Å². The Labute approximate surface area is 96.0 Å². The molecule has 84 valence electrons. The van der Waals surface area contributed by atoms with Crippen LogP contribution in [0.2, 0.25) is 0 Å². The molecule has 2 unspecified atom stereocenters. The smallest absolute Gasteiger partial charge is 0.222 e. The van der Waals surface area contributed by atoms with E-state index in [0.29, 0.717) is 5.92 Å². The molecule has 0 bridgehead atoms. The van der Waals surface area contributed by atoms with E-state index in [4.69, 9.17) is 0 Å². The number of carbonyl (C=O) groups is 1. The number of rotatable bonds is 7. The molecule has 0 aliphatic heterocycles. The van der Waals surface area contributed by atoms with Crippen molar-refractivity contribution in [1.82, 2.24) is 5.32 Å². The van der Waals surface area contributed by atoms with Crippen LogP contribution in [-0.4, -0.2) is 17.8 Å². The summed E-state index contributed by atoms with van der Waals surface area (Å²) in [7, 11) is 0. The highest BCUT2D eigenvalue weighted by Crippen LogP contribution is 2.07. The predicted molar refractivity (Wildman–Crippen MR) is 64.7 cm³/mol. The van der Waals surface area contributed by atoms with Gasteiger partial charge in [-0.05, 0) is 25.2 Å². The Kier molecular flexibility index (Phi) is 8.24. The van der Waals surface area contributed by atoms with Crippen LogP contribution < -0.4 is 5.32 Å². The molecule has 0 saturated heterocycles. The van der Waals surface area contributed by atoms with Crippen molar-refractivity contribution in [1.29, 1.82) is 0 Å². The van der Waals surface area contributed by atoms with Gasteiger partial charge < -0.3 is 5.32 Å². The molecule has 1 N–H and O–H groups in total. The van der Waals surface area contributed by atoms with E-state index in [-0.39, 0.29) is 11.8 Å². The van der Waals surface area contributed by atoms with E-state index in [1.807, 2.05) is 13.8 Å². The molecule has 0 aromatic rings. The van der Waals surface area contributed by atoms with Crippen LogP contribution >= 0.6 is 15.9 Å². The third-order valence-corrected chi connectivity index (χ3v) is 3.60. The summed E-state index contributed by atoms with van der Waals surface area (Å²) >= 11 is 3.44. The number of carbonyl (C=O) groups excluding carboxylic acids is 1. The standard InChI is InChI=1S/C11H22BrNO/c1-4-10(3)11(14)13-7-5-6-9(2)8-12/h9-10H,4-8H2,1-3H3,(H,13,14). The van der Waals surface area contributed by atoms with Crippen LogP contribution in [0.3, 0.4) is 0 Å². The third kappa shape index (κ3) is 6.41. The van der Waals surface area contributed by atoms with Gasteiger partial charge >= 0.3 is 0 Å². The van der Waals surface area contributed by atoms with Crippen molar-refractivity contribution in [3.63, 3.8) is 0 Å². The van der Waals surface area contributed by atoms with Gasteiger partial charge in [0.15, 0.2) is 0 Å². The zero-order valence-corrected chi connectivity index (χ0v) is 11.1. The number of halogens is 1. The normalized spacial score (nSPS) is 14.9. The fourth-order valence-electron chi connectivity index (χ4n) is 1.10. The quantitative estimate of drug-likeness (QED) is 0.556. The number of hydrogen-bond acceptors (Lipinski definition) is 1. The van der Waals surface area contributed by atoms with E-state index >= 15 is 0 Å². The van der Waals surface area contributed by atoms with Crippen molar-refractivity contribution in [2.24, 2.45) is 11.8 Å². The summed E-state index contributed by atoms with van der Waals surface area (Å²) in [6.45, 7) is 7.04. The maximum Gasteiger partial charge on any atom is 0.222 e. The average Bonchev–Trinajstić information content (AvgIpc) is 2.22. The Bertz CT molecular complexity index is 161. The molecule has 1 amide bonds. The lowest BCUT2D eigenvalue weighted by atomic mass is 10.1. The first-order valence-corrected chi connectivity index (χ1v) is 6.57. The van der Waals surface area contributed by atoms with E-state index in [9.17, 15) is 4.79 Å². The average molecular weight is 264 g/mol. The second kappa shape index (κ2) is 8.27. The maximum atomic E-state index is 11.4. The molecule has 0 aromatic carbocycles. The molecule has 0 rings (SSSR count). The van der Waals surface area contributed by atoms with E-state index in [1.165, 1.54) is 6.42 Å². The zero-order chi connectivity index (χ0) is 11.0. The Morgan fingerprint density at radius 1 is 1.43 bits per heavy atom. The molecule has 0 fully saturated rings. The van der Waals surface area contributed by atoms with Gasteiger partial charge in [-0.15, -0.1) is 0 Å². The van der Waals surface area contributed by atoms with E-state index in [2.05, 4.69) is 28.2 Å². The topological polar surface area (TPSA) is 29.1 Å². The molecule has 3 heteroatoms. The minimum Gasteiger partial charge on any atom is -0.356 e. The van der Waals surface area contributed by atoms with Crippen LogP contribution in [-0.2, 0) is 4.79 Å². The molecule has 2 nitrogen and oxygen atoms in total. The van der Waals surface area contributed by atoms with Crippen LogP contribution in [0, 0.1) is 11.8 Å². The molecule has 0 spiro atoms. The Hall–Kier alpha value is -0.0500. The molecular formula is C11H22BrNO. The summed E-state index contributed by atoms with van der Waals surface area (Å²) in [5.74, 6) is 1.05. The van der Waals surface area contributed by atoms with E-state index < -0.39 is 0 Å². The first kappa shape index (κ1) is 13.9. The molecule has 0 heterocycles. The largest absolute Gasteiger partial charge is 0.356 e. The van der Waals surface area contributed by atoms with Gasteiger partial charge in [0.25, 0.3) is 0 Å². The van der Waals surface area contributed by atoms with Crippen LogP contribution in [0.5, 0.6) is 0 Å². The Morgan fingerprint density at radius 3 is 2.57 bits per heavy atom. The highest BCUT2D eigenvalue weighted by molar-refractivity contribution is 9.09. The van der Waals surface area contributed by atoms with Crippen LogP contribution in [0.25, 0.3) is 0 Å². The van der Waals surface area contributed by atoms with E-state index in [1.54, 1.807) is 0 Å². The lowest BCUT2D eigenvalue weighted by Gasteiger charge is -2.11. The highest BCUT2D eigenvalue weighted by Gasteiger charge is 2.08. The maximum absolute atomic E-state index is 11.4. The summed E-state index contributed by atoms with van der Waals surface area (Å²) in [5.41, 5.74) is 0. The van der Waals surface area contributed by atoms with Crippen LogP contribution in [0.1, 0.15) is 40.0 Å². The lowest BCUT2D eigenvalue weighted by Crippen LogP contribution is -2.29. The zero-order valence-electron chi connectivity index (χ0n) is 9.48. The molecule has 2 atom stereocenters. The molecule has 0 saturated carbocycles. The third-order valence-electron chi connectivity index (χ3n) is 2.50. The monoisotopic (exact) mass is 263 g/mol. The molecule has 14 heavy (non-hydrogen) atoms. The fraction of sp³-hybridized carbons (Fsp3) is 0.909. The minimum atomic E-state index is 0.156. The molecule has 0 aliphatic carbocycles. The van der Waals surface area contributed by atoms with Crippen molar-refractivity contribution >= 4 is 21.8 Å². The first-order chi connectivity index (χ1) is 6.61. The van der Waals surface area contributed by atoms with Gasteiger partial charge in [-0.25, -0.2) is 0 Å². The number of nitrogens with one attached hydrogen (secondary N) is 1. The van der Waals surface area contributed by atoms with Crippen molar-refractivity contribution in [2.75, 3.05) is 11.9 Å². The second-order valence-electron chi connectivity index (χ2n) is 4.00. The SMILES string of the molecule is CCC(C)C(=O)NCCCC(C)CBr. The number of alkyl halides is 1. The van der Waals surface area contributed by atoms with Gasteiger partial charge in [-0.2, -0.15) is 0 Å². The predicted octanol–water partition coefficient (Wildman–Crippen LogP) is 2.96. The molecule has 0 radical (unpaired) electrons. The Morgan fingerprint density at radius 2 is 2.07 bits per heavy atom. The van der Waals surface area contributed by atoms with Gasteiger partial charge in [-0.1, -0.05) is 36.7 Å². The van der Waals surface area contributed by atoms with Crippen LogP contribution in [0.15, 0.2) is 0 Å². The van der Waals surface area contributed by atoms with Crippen molar-refractivity contribution in [3.8, 4) is 0 Å². The van der Waals surface area contributed by atoms with Gasteiger partial charge in [0.2, 0.25) is 5.91 Å². The molecule has 0 aromatic heterocycles. The number of amides is 1. The van der Waals surface area contributed by atoms with Gasteiger partial charge in [0.1, 0.15) is 0 Å². The van der Waals surface area contributed by atoms with E-state index in [0.717, 1.165) is 24.7 Å². The lowest BCUT2D eigenvalue weighted by molar-refractivity contribution is -0.124. The summed E-state index contributed by atoms with van der Waals surface area (Å²) in [6.07, 6.45) is 3.17. The summed E-state index contributed by atoms with van der Waals surface area (Å²) in [6, 6.07) is 0. The van der Waals surface area contributed by atoms with Crippen LogP contribution in [0.4, 0.5) is 0 Å². The minimum absolute atomic E-state index is 0.156. The highest BCUT2D eigenvalue weighted by atomic mass is 79.9. The molecular weight excluding hydrogens is 242 g/mol. The number of hydrogen-bond donors (Lipinski definition) is 1. The molecule has 0 aliphatic rings. The van der Waals surface area contributed by atoms with Gasteiger partial charge in [0.05, 0.1) is 0 Å². The summed E-state index contributed by atoms with van der Waals surface area (Å²) in [4.78, 5) is 11.4. The van der Waals surface area contributed by atoms with Crippen molar-refractivity contribution in [2.45, 2.75) is 40.0 Å².